The van der Waals surface area contributed by atoms with E-state index in [-0.39, 0.29) is 5.91 Å². The maximum Gasteiger partial charge on any atom is 0.242 e. The summed E-state index contributed by atoms with van der Waals surface area (Å²) in [5.41, 5.74) is 5.44. The Balaban J connectivity index is 1.99. The monoisotopic (exact) mass is 316 g/mol. The summed E-state index contributed by atoms with van der Waals surface area (Å²) in [5.74, 6) is 0.414. The Hall–Kier alpha value is -0.390. The van der Waals surface area contributed by atoms with E-state index in [4.69, 9.17) is 5.73 Å². The van der Waals surface area contributed by atoms with E-state index in [1.165, 1.54) is 4.88 Å². The van der Waals surface area contributed by atoms with Gasteiger partial charge in [0.05, 0.1) is 12.1 Å². The minimum absolute atomic E-state index is 0.0459. The molecule has 1 aliphatic rings. The first-order valence-corrected chi connectivity index (χ1v) is 7.36. The molecule has 3 nitrogen and oxygen atoms in total. The number of amides is 1. The molecule has 0 bridgehead atoms. The topological polar surface area (TPSA) is 46.3 Å². The van der Waals surface area contributed by atoms with E-state index in [1.807, 2.05) is 25.4 Å². The van der Waals surface area contributed by atoms with Gasteiger partial charge < -0.3 is 10.6 Å². The van der Waals surface area contributed by atoms with Crippen LogP contribution in [0, 0.1) is 5.92 Å². The van der Waals surface area contributed by atoms with Crippen LogP contribution in [0.25, 0.3) is 0 Å². The number of carbonyl (C=O) groups is 1. The molecule has 17 heavy (non-hydrogen) atoms. The molecule has 5 heteroatoms. The molecule has 1 aromatic rings. The Bertz CT molecular complexity index is 426. The molecule has 1 fully saturated rings. The molecule has 2 rings (SSSR count). The molecule has 1 heterocycles. The number of thiophene rings is 1. The van der Waals surface area contributed by atoms with Crippen molar-refractivity contribution in [3.05, 3.63) is 20.8 Å². The first kappa shape index (κ1) is 13.1. The second-order valence-corrected chi connectivity index (χ2v) is 6.86. The molecule has 94 valence electrons. The van der Waals surface area contributed by atoms with Crippen LogP contribution in [0.5, 0.6) is 0 Å². The highest BCUT2D eigenvalue weighted by Gasteiger charge is 2.45. The zero-order valence-corrected chi connectivity index (χ0v) is 12.5. The number of carbonyl (C=O) groups excluding carboxylic acids is 1. The fourth-order valence-corrected chi connectivity index (χ4v) is 3.51. The highest BCUT2D eigenvalue weighted by molar-refractivity contribution is 9.10. The Morgan fingerprint density at radius 1 is 1.71 bits per heavy atom. The van der Waals surface area contributed by atoms with E-state index < -0.39 is 5.54 Å². The summed E-state index contributed by atoms with van der Waals surface area (Å²) in [6.45, 7) is 2.49. The fraction of sp³-hybridized carbons (Fsp3) is 0.583. The number of halogens is 1. The lowest BCUT2D eigenvalue weighted by Gasteiger charge is -2.29. The lowest BCUT2D eigenvalue weighted by molar-refractivity contribution is -0.136. The van der Waals surface area contributed by atoms with Crippen LogP contribution in [-0.2, 0) is 11.3 Å². The van der Waals surface area contributed by atoms with Crippen LogP contribution in [0.15, 0.2) is 15.9 Å². The minimum Gasteiger partial charge on any atom is -0.339 e. The number of nitrogens with two attached hydrogens (primary N) is 1. The maximum absolute atomic E-state index is 12.3. The summed E-state index contributed by atoms with van der Waals surface area (Å²) in [4.78, 5) is 15.1. The van der Waals surface area contributed by atoms with Crippen LogP contribution < -0.4 is 5.73 Å². The Morgan fingerprint density at radius 3 is 2.82 bits per heavy atom. The van der Waals surface area contributed by atoms with Crippen molar-refractivity contribution in [3.8, 4) is 0 Å². The number of rotatable bonds is 4. The Morgan fingerprint density at radius 2 is 2.35 bits per heavy atom. The van der Waals surface area contributed by atoms with Gasteiger partial charge in [-0.1, -0.05) is 0 Å². The number of hydrogen-bond acceptors (Lipinski definition) is 3. The van der Waals surface area contributed by atoms with Gasteiger partial charge >= 0.3 is 0 Å². The summed E-state index contributed by atoms with van der Waals surface area (Å²) >= 11 is 5.06. The van der Waals surface area contributed by atoms with E-state index in [2.05, 4.69) is 15.9 Å². The fourth-order valence-electron chi connectivity index (χ4n) is 2.01. The summed E-state index contributed by atoms with van der Waals surface area (Å²) in [6, 6.07) is 2.04. The molecule has 1 saturated carbocycles. The highest BCUT2D eigenvalue weighted by atomic mass is 79.9. The summed E-state index contributed by atoms with van der Waals surface area (Å²) in [5, 5.41) is 2.02. The van der Waals surface area contributed by atoms with Gasteiger partial charge in [-0.05, 0) is 47.7 Å². The predicted molar refractivity (Wildman–Crippen MR) is 73.8 cm³/mol. The maximum atomic E-state index is 12.3. The zero-order chi connectivity index (χ0) is 12.6. The van der Waals surface area contributed by atoms with Gasteiger partial charge in [0.15, 0.2) is 0 Å². The summed E-state index contributed by atoms with van der Waals surface area (Å²) < 4.78 is 1.07. The number of nitrogens with zero attached hydrogens (tertiary/aromatic N) is 1. The van der Waals surface area contributed by atoms with E-state index in [1.54, 1.807) is 16.2 Å². The molecule has 1 unspecified atom stereocenters. The molecule has 1 aromatic heterocycles. The van der Waals surface area contributed by atoms with E-state index in [0.717, 1.165) is 17.3 Å². The van der Waals surface area contributed by atoms with Crippen molar-refractivity contribution in [2.24, 2.45) is 11.7 Å². The standard InChI is InChI=1S/C12H17BrN2OS/c1-12(14,8-3-4-8)11(16)15(2)6-10-5-9(13)7-17-10/h5,7-8H,3-4,6,14H2,1-2H3. The second kappa shape index (κ2) is 4.71. The molecule has 0 radical (unpaired) electrons. The molecule has 0 saturated heterocycles. The van der Waals surface area contributed by atoms with Crippen LogP contribution in [-0.4, -0.2) is 23.4 Å². The van der Waals surface area contributed by atoms with Crippen molar-refractivity contribution in [2.75, 3.05) is 7.05 Å². The zero-order valence-electron chi connectivity index (χ0n) is 10.1. The number of likely N-dealkylation sites (N-methyl/N-ethyl adjacent to an activating group) is 1. The second-order valence-electron chi connectivity index (χ2n) is 4.95. The van der Waals surface area contributed by atoms with Crippen LogP contribution in [0.2, 0.25) is 0 Å². The lowest BCUT2D eigenvalue weighted by Crippen LogP contribution is -2.53. The van der Waals surface area contributed by atoms with Crippen molar-refractivity contribution >= 4 is 33.2 Å². The van der Waals surface area contributed by atoms with Gasteiger partial charge in [-0.25, -0.2) is 0 Å². The van der Waals surface area contributed by atoms with E-state index >= 15 is 0 Å². The SMILES string of the molecule is CN(Cc1cc(Br)cs1)C(=O)C(C)(N)C1CC1. The van der Waals surface area contributed by atoms with Gasteiger partial charge in [-0.3, -0.25) is 4.79 Å². The van der Waals surface area contributed by atoms with Gasteiger partial charge in [-0.2, -0.15) is 0 Å². The minimum atomic E-state index is -0.691. The normalized spacial score (nSPS) is 18.8. The molecule has 1 amide bonds. The smallest absolute Gasteiger partial charge is 0.242 e. The van der Waals surface area contributed by atoms with E-state index in [0.29, 0.717) is 12.5 Å². The summed E-state index contributed by atoms with van der Waals surface area (Å²) in [6.07, 6.45) is 2.16. The van der Waals surface area contributed by atoms with Crippen molar-refractivity contribution in [3.63, 3.8) is 0 Å². The highest BCUT2D eigenvalue weighted by Crippen LogP contribution is 2.39. The van der Waals surface area contributed by atoms with Gasteiger partial charge in [0.2, 0.25) is 5.91 Å². The third-order valence-corrected chi connectivity index (χ3v) is 4.93. The van der Waals surface area contributed by atoms with Gasteiger partial charge in [-0.15, -0.1) is 11.3 Å². The molecular formula is C12H17BrN2OS. The first-order chi connectivity index (χ1) is 7.91. The van der Waals surface area contributed by atoms with Gasteiger partial charge in [0.25, 0.3) is 0 Å². The average Bonchev–Trinajstić information content (AvgIpc) is 3.03. The third kappa shape index (κ3) is 2.89. The van der Waals surface area contributed by atoms with Crippen LogP contribution in [0.1, 0.15) is 24.6 Å². The molecule has 1 atom stereocenters. The molecular weight excluding hydrogens is 300 g/mol. The average molecular weight is 317 g/mol. The van der Waals surface area contributed by atoms with Crippen molar-refractivity contribution in [1.29, 1.82) is 0 Å². The Labute approximate surface area is 114 Å². The molecule has 0 aromatic carbocycles. The molecule has 2 N–H and O–H groups in total. The van der Waals surface area contributed by atoms with Crippen LogP contribution >= 0.6 is 27.3 Å². The molecule has 0 aliphatic heterocycles. The predicted octanol–water partition coefficient (Wildman–Crippen LogP) is 2.60. The largest absolute Gasteiger partial charge is 0.339 e. The van der Waals surface area contributed by atoms with E-state index in [9.17, 15) is 4.79 Å². The van der Waals surface area contributed by atoms with Gasteiger partial charge in [0.1, 0.15) is 0 Å². The Kier molecular flexibility index (Phi) is 3.61. The van der Waals surface area contributed by atoms with Crippen molar-refractivity contribution in [1.82, 2.24) is 4.90 Å². The lowest BCUT2D eigenvalue weighted by atomic mass is 9.95. The van der Waals surface area contributed by atoms with Gasteiger partial charge in [0, 0.05) is 21.8 Å². The summed E-state index contributed by atoms with van der Waals surface area (Å²) in [7, 11) is 1.82. The molecule has 1 aliphatic carbocycles. The third-order valence-electron chi connectivity index (χ3n) is 3.25. The number of hydrogen-bond donors (Lipinski definition) is 1. The van der Waals surface area contributed by atoms with Crippen LogP contribution in [0.4, 0.5) is 0 Å². The van der Waals surface area contributed by atoms with Crippen molar-refractivity contribution < 1.29 is 4.79 Å². The van der Waals surface area contributed by atoms with Crippen molar-refractivity contribution in [2.45, 2.75) is 31.8 Å². The first-order valence-electron chi connectivity index (χ1n) is 5.68. The quantitative estimate of drug-likeness (QED) is 0.928. The van der Waals surface area contributed by atoms with Crippen LogP contribution in [0.3, 0.4) is 0 Å². The molecule has 0 spiro atoms.